The van der Waals surface area contributed by atoms with Gasteiger partial charge in [0.2, 0.25) is 5.91 Å². The fraction of sp³-hybridized carbons (Fsp3) is 0.261. The summed E-state index contributed by atoms with van der Waals surface area (Å²) in [7, 11) is 0. The van der Waals surface area contributed by atoms with Gasteiger partial charge in [-0.2, -0.15) is 5.10 Å². The second-order valence-corrected chi connectivity index (χ2v) is 8.04. The number of hydrazone groups is 1. The standard InChI is InChI=1S/C23H23N3OS/c27-22(16-28-21-10-4-8-19-9-5-15-24-23(19)21)26-25-20-13-11-18(12-14-20)17-6-2-1-3-7-17/h1-10,15,18H,11-14,16H2,(H,26,27). The zero-order valence-electron chi connectivity index (χ0n) is 15.7. The molecule has 5 heteroatoms. The number of nitrogens with one attached hydrogen (secondary N) is 1. The van der Waals surface area contributed by atoms with Crippen LogP contribution in [-0.4, -0.2) is 22.4 Å². The summed E-state index contributed by atoms with van der Waals surface area (Å²) in [5.74, 6) is 0.861. The lowest BCUT2D eigenvalue weighted by Gasteiger charge is -2.23. The maximum Gasteiger partial charge on any atom is 0.250 e. The first-order valence-electron chi connectivity index (χ1n) is 9.65. The molecule has 142 valence electrons. The number of carbonyl (C=O) groups is 1. The Morgan fingerprint density at radius 1 is 1.04 bits per heavy atom. The quantitative estimate of drug-likeness (QED) is 0.484. The molecule has 0 saturated heterocycles. The van der Waals surface area contributed by atoms with Crippen molar-refractivity contribution in [3.8, 4) is 0 Å². The van der Waals surface area contributed by atoms with Gasteiger partial charge in [-0.3, -0.25) is 9.78 Å². The topological polar surface area (TPSA) is 54.4 Å². The van der Waals surface area contributed by atoms with Gasteiger partial charge < -0.3 is 0 Å². The SMILES string of the molecule is O=C(CSc1cccc2cccnc12)NN=C1CCC(c2ccccc2)CC1. The molecule has 0 aliphatic heterocycles. The van der Waals surface area contributed by atoms with Gasteiger partial charge in [-0.1, -0.05) is 48.5 Å². The highest BCUT2D eigenvalue weighted by molar-refractivity contribution is 8.00. The Morgan fingerprint density at radius 3 is 2.64 bits per heavy atom. The molecule has 0 bridgehead atoms. The molecule has 0 unspecified atom stereocenters. The average molecular weight is 390 g/mol. The molecule has 1 heterocycles. The van der Waals surface area contributed by atoms with Gasteiger partial charge in [-0.05, 0) is 49.3 Å². The van der Waals surface area contributed by atoms with Gasteiger partial charge >= 0.3 is 0 Å². The summed E-state index contributed by atoms with van der Waals surface area (Å²) in [5, 5.41) is 5.46. The molecule has 0 radical (unpaired) electrons. The summed E-state index contributed by atoms with van der Waals surface area (Å²) >= 11 is 1.50. The zero-order chi connectivity index (χ0) is 19.2. The second-order valence-electron chi connectivity index (χ2n) is 7.02. The van der Waals surface area contributed by atoms with Crippen LogP contribution in [0.4, 0.5) is 0 Å². The van der Waals surface area contributed by atoms with E-state index >= 15 is 0 Å². The van der Waals surface area contributed by atoms with Crippen LogP contribution in [0.2, 0.25) is 0 Å². The number of fused-ring (bicyclic) bond motifs is 1. The third-order valence-corrected chi connectivity index (χ3v) is 6.17. The molecule has 1 amide bonds. The highest BCUT2D eigenvalue weighted by Crippen LogP contribution is 2.31. The number of carbonyl (C=O) groups excluding carboxylic acids is 1. The van der Waals surface area contributed by atoms with Crippen molar-refractivity contribution in [2.45, 2.75) is 36.5 Å². The van der Waals surface area contributed by atoms with Crippen LogP contribution in [0.25, 0.3) is 10.9 Å². The van der Waals surface area contributed by atoms with Crippen molar-refractivity contribution >= 4 is 34.3 Å². The van der Waals surface area contributed by atoms with Crippen molar-refractivity contribution in [3.63, 3.8) is 0 Å². The van der Waals surface area contributed by atoms with Crippen molar-refractivity contribution in [1.82, 2.24) is 10.4 Å². The molecule has 4 rings (SSSR count). The molecule has 0 atom stereocenters. The number of nitrogens with zero attached hydrogens (tertiary/aromatic N) is 2. The lowest BCUT2D eigenvalue weighted by atomic mass is 9.83. The number of rotatable bonds is 5. The number of para-hydroxylation sites is 1. The summed E-state index contributed by atoms with van der Waals surface area (Å²) < 4.78 is 0. The monoisotopic (exact) mass is 389 g/mol. The van der Waals surface area contributed by atoms with Gasteiger partial charge in [0.05, 0.1) is 11.3 Å². The predicted molar refractivity (Wildman–Crippen MR) is 116 cm³/mol. The van der Waals surface area contributed by atoms with Crippen LogP contribution >= 0.6 is 11.8 Å². The molecule has 0 spiro atoms. The van der Waals surface area contributed by atoms with Gasteiger partial charge in [0.15, 0.2) is 0 Å². The van der Waals surface area contributed by atoms with E-state index in [1.165, 1.54) is 17.3 Å². The number of hydrogen-bond acceptors (Lipinski definition) is 4. The lowest BCUT2D eigenvalue weighted by molar-refractivity contribution is -0.118. The first kappa shape index (κ1) is 18.7. The van der Waals surface area contributed by atoms with Crippen LogP contribution < -0.4 is 5.43 Å². The summed E-state index contributed by atoms with van der Waals surface area (Å²) in [5.41, 5.74) is 6.17. The van der Waals surface area contributed by atoms with Crippen LogP contribution in [-0.2, 0) is 4.79 Å². The van der Waals surface area contributed by atoms with Crippen molar-refractivity contribution in [3.05, 3.63) is 72.4 Å². The van der Waals surface area contributed by atoms with Crippen LogP contribution in [0.15, 0.2) is 76.9 Å². The molecule has 1 saturated carbocycles. The average Bonchev–Trinajstić information content (AvgIpc) is 2.77. The molecular weight excluding hydrogens is 366 g/mol. The van der Waals surface area contributed by atoms with E-state index in [0.717, 1.165) is 47.2 Å². The number of benzene rings is 2. The number of thioether (sulfide) groups is 1. The molecule has 1 aliphatic rings. The first-order chi connectivity index (χ1) is 13.8. The molecule has 3 aromatic rings. The zero-order valence-corrected chi connectivity index (χ0v) is 16.5. The Kier molecular flexibility index (Phi) is 6.02. The molecule has 1 fully saturated rings. The minimum absolute atomic E-state index is 0.0735. The van der Waals surface area contributed by atoms with Crippen molar-refractivity contribution in [2.75, 3.05) is 5.75 Å². The van der Waals surface area contributed by atoms with Crippen LogP contribution in [0.5, 0.6) is 0 Å². The minimum atomic E-state index is -0.0735. The Morgan fingerprint density at radius 2 is 1.82 bits per heavy atom. The van der Waals surface area contributed by atoms with Gasteiger partial charge in [-0.15, -0.1) is 11.8 Å². The number of pyridine rings is 1. The maximum absolute atomic E-state index is 12.2. The summed E-state index contributed by atoms with van der Waals surface area (Å²) in [6.07, 6.45) is 5.86. The van der Waals surface area contributed by atoms with E-state index in [0.29, 0.717) is 11.7 Å². The van der Waals surface area contributed by atoms with Gasteiger partial charge in [-0.25, -0.2) is 5.43 Å². The maximum atomic E-state index is 12.2. The third kappa shape index (κ3) is 4.60. The third-order valence-electron chi connectivity index (χ3n) is 5.13. The van der Waals surface area contributed by atoms with E-state index in [-0.39, 0.29) is 5.91 Å². The Hall–Kier alpha value is -2.66. The normalized spacial score (nSPS) is 16.7. The smallest absolute Gasteiger partial charge is 0.250 e. The van der Waals surface area contributed by atoms with Gasteiger partial charge in [0.1, 0.15) is 0 Å². The van der Waals surface area contributed by atoms with Crippen LogP contribution in [0.3, 0.4) is 0 Å². The second kappa shape index (κ2) is 9.02. The minimum Gasteiger partial charge on any atom is -0.272 e. The Bertz CT molecular complexity index is 972. The largest absolute Gasteiger partial charge is 0.272 e. The molecule has 2 aromatic carbocycles. The highest BCUT2D eigenvalue weighted by atomic mass is 32.2. The van der Waals surface area contributed by atoms with Crippen molar-refractivity contribution in [1.29, 1.82) is 0 Å². The molecular formula is C23H23N3OS. The fourth-order valence-electron chi connectivity index (χ4n) is 3.63. The highest BCUT2D eigenvalue weighted by Gasteiger charge is 2.19. The molecule has 1 aromatic heterocycles. The molecule has 4 nitrogen and oxygen atoms in total. The fourth-order valence-corrected chi connectivity index (χ4v) is 4.46. The number of hydrogen-bond donors (Lipinski definition) is 1. The van der Waals surface area contributed by atoms with E-state index < -0.39 is 0 Å². The summed E-state index contributed by atoms with van der Waals surface area (Å²) in [4.78, 5) is 17.7. The van der Waals surface area contributed by atoms with Crippen molar-refractivity contribution in [2.24, 2.45) is 5.10 Å². The van der Waals surface area contributed by atoms with Crippen LogP contribution in [0, 0.1) is 0 Å². The van der Waals surface area contributed by atoms with E-state index in [9.17, 15) is 4.79 Å². The van der Waals surface area contributed by atoms with Crippen LogP contribution in [0.1, 0.15) is 37.2 Å². The molecule has 1 N–H and O–H groups in total. The summed E-state index contributed by atoms with van der Waals surface area (Å²) in [6, 6.07) is 20.6. The van der Waals surface area contributed by atoms with E-state index in [1.807, 2.05) is 30.3 Å². The molecule has 28 heavy (non-hydrogen) atoms. The number of amides is 1. The van der Waals surface area contributed by atoms with Crippen molar-refractivity contribution < 1.29 is 4.79 Å². The first-order valence-corrected chi connectivity index (χ1v) is 10.6. The van der Waals surface area contributed by atoms with E-state index in [4.69, 9.17) is 0 Å². The lowest BCUT2D eigenvalue weighted by Crippen LogP contribution is -2.23. The predicted octanol–water partition coefficient (Wildman–Crippen LogP) is 5.16. The molecule has 1 aliphatic carbocycles. The Balaban J connectivity index is 1.28. The van der Waals surface area contributed by atoms with Gasteiger partial charge in [0, 0.05) is 22.2 Å². The number of aromatic nitrogens is 1. The van der Waals surface area contributed by atoms with E-state index in [1.54, 1.807) is 6.20 Å². The van der Waals surface area contributed by atoms with E-state index in [2.05, 4.69) is 45.8 Å². The summed E-state index contributed by atoms with van der Waals surface area (Å²) in [6.45, 7) is 0. The van der Waals surface area contributed by atoms with Gasteiger partial charge in [0.25, 0.3) is 0 Å². The Labute approximate surface area is 169 Å².